The Kier molecular flexibility index (Phi) is 7.30. The van der Waals surface area contributed by atoms with Crippen molar-refractivity contribution >= 4 is 10.8 Å². The van der Waals surface area contributed by atoms with Crippen LogP contribution in [0.2, 0.25) is 0 Å². The topological polar surface area (TPSA) is 9.23 Å². The lowest BCUT2D eigenvalue weighted by atomic mass is 9.63. The molecular formula is C28H36F2O. The highest BCUT2D eigenvalue weighted by Gasteiger charge is 2.35. The Bertz CT molecular complexity index is 919. The molecule has 0 saturated heterocycles. The largest absolute Gasteiger partial charge is 0.486 e. The summed E-state index contributed by atoms with van der Waals surface area (Å²) < 4.78 is 34.8. The number of rotatable bonds is 7. The van der Waals surface area contributed by atoms with E-state index < -0.39 is 11.6 Å². The molecule has 0 spiro atoms. The van der Waals surface area contributed by atoms with Crippen molar-refractivity contribution in [1.29, 1.82) is 0 Å². The average Bonchev–Trinajstić information content (AvgIpc) is 2.80. The van der Waals surface area contributed by atoms with Crippen molar-refractivity contribution in [2.75, 3.05) is 6.61 Å². The molecule has 0 radical (unpaired) electrons. The standard InChI is InChI=1S/C28H36F2O/c1-3-5-7-19-8-9-21-16-22(11-10-20(21)15-19)23-12-13-24-18-26(31-14-6-4-2)28(30)27(29)25(24)17-23/h4,6,12-13,17-22H,3,5,7-11,14-16H2,1-2H3. The van der Waals surface area contributed by atoms with Gasteiger partial charge < -0.3 is 4.74 Å². The minimum atomic E-state index is -0.886. The molecule has 4 rings (SSSR count). The minimum Gasteiger partial charge on any atom is -0.486 e. The van der Waals surface area contributed by atoms with E-state index in [9.17, 15) is 8.78 Å². The number of halogens is 2. The molecular weight excluding hydrogens is 390 g/mol. The second-order valence-corrected chi connectivity index (χ2v) is 9.71. The van der Waals surface area contributed by atoms with Gasteiger partial charge in [0, 0.05) is 5.39 Å². The van der Waals surface area contributed by atoms with E-state index in [2.05, 4.69) is 13.0 Å². The summed E-state index contributed by atoms with van der Waals surface area (Å²) in [6.07, 6.45) is 15.5. The van der Waals surface area contributed by atoms with Gasteiger partial charge >= 0.3 is 0 Å². The van der Waals surface area contributed by atoms with Crippen LogP contribution in [0.4, 0.5) is 8.78 Å². The molecule has 3 heteroatoms. The van der Waals surface area contributed by atoms with Gasteiger partial charge in [-0.05, 0) is 85.8 Å². The van der Waals surface area contributed by atoms with Crippen molar-refractivity contribution in [2.24, 2.45) is 17.8 Å². The van der Waals surface area contributed by atoms with Crippen molar-refractivity contribution in [3.63, 3.8) is 0 Å². The molecule has 2 aromatic rings. The van der Waals surface area contributed by atoms with E-state index in [0.29, 0.717) is 16.7 Å². The first-order chi connectivity index (χ1) is 15.1. The third-order valence-corrected chi connectivity index (χ3v) is 7.74. The molecule has 2 aromatic carbocycles. The summed E-state index contributed by atoms with van der Waals surface area (Å²) in [6.45, 7) is 4.39. The van der Waals surface area contributed by atoms with Crippen molar-refractivity contribution in [1.82, 2.24) is 0 Å². The Hall–Kier alpha value is -1.90. The number of unbranched alkanes of at least 4 members (excludes halogenated alkanes) is 1. The second kappa shape index (κ2) is 10.1. The highest BCUT2D eigenvalue weighted by molar-refractivity contribution is 5.85. The van der Waals surface area contributed by atoms with Crippen molar-refractivity contribution < 1.29 is 13.5 Å². The molecule has 0 N–H and O–H groups in total. The molecule has 0 aliphatic heterocycles. The molecule has 4 unspecified atom stereocenters. The summed E-state index contributed by atoms with van der Waals surface area (Å²) in [5.74, 6) is 1.37. The first kappa shape index (κ1) is 22.3. The zero-order chi connectivity index (χ0) is 21.8. The van der Waals surface area contributed by atoms with E-state index in [1.54, 1.807) is 12.1 Å². The lowest BCUT2D eigenvalue weighted by molar-refractivity contribution is 0.113. The van der Waals surface area contributed by atoms with Crippen LogP contribution >= 0.6 is 0 Å². The number of ether oxygens (including phenoxy) is 1. The molecule has 0 amide bonds. The Morgan fingerprint density at radius 1 is 1.00 bits per heavy atom. The molecule has 2 aliphatic carbocycles. The van der Waals surface area contributed by atoms with Crippen LogP contribution in [-0.2, 0) is 0 Å². The summed E-state index contributed by atoms with van der Waals surface area (Å²) >= 11 is 0. The van der Waals surface area contributed by atoms with Crippen LogP contribution in [-0.4, -0.2) is 6.61 Å². The fourth-order valence-corrected chi connectivity index (χ4v) is 5.96. The van der Waals surface area contributed by atoms with E-state index in [-0.39, 0.29) is 12.4 Å². The van der Waals surface area contributed by atoms with Crippen molar-refractivity contribution in [3.8, 4) is 5.75 Å². The van der Waals surface area contributed by atoms with Gasteiger partial charge in [0.05, 0.1) is 0 Å². The maximum Gasteiger partial charge on any atom is 0.201 e. The summed E-state index contributed by atoms with van der Waals surface area (Å²) in [7, 11) is 0. The zero-order valence-electron chi connectivity index (χ0n) is 19.0. The van der Waals surface area contributed by atoms with Gasteiger partial charge in [-0.25, -0.2) is 4.39 Å². The van der Waals surface area contributed by atoms with Crippen LogP contribution in [0.15, 0.2) is 36.4 Å². The second-order valence-electron chi connectivity index (χ2n) is 9.71. The van der Waals surface area contributed by atoms with Crippen LogP contribution in [0.3, 0.4) is 0 Å². The molecule has 2 fully saturated rings. The lowest BCUT2D eigenvalue weighted by Gasteiger charge is -2.42. The molecule has 0 heterocycles. The fourth-order valence-electron chi connectivity index (χ4n) is 5.96. The van der Waals surface area contributed by atoms with Gasteiger partial charge in [0.15, 0.2) is 11.6 Å². The Morgan fingerprint density at radius 3 is 2.61 bits per heavy atom. The number of hydrogen-bond donors (Lipinski definition) is 0. The quantitative estimate of drug-likeness (QED) is 0.403. The molecule has 31 heavy (non-hydrogen) atoms. The number of benzene rings is 2. The summed E-state index contributed by atoms with van der Waals surface area (Å²) in [5, 5.41) is 1.07. The SMILES string of the molecule is CC=CCOc1cc2ccc(C3CCC4CC(CCCC)CCC4C3)cc2c(F)c1F. The molecule has 4 atom stereocenters. The van der Waals surface area contributed by atoms with Crippen LogP contribution < -0.4 is 4.74 Å². The first-order valence-electron chi connectivity index (χ1n) is 12.3. The third kappa shape index (κ3) is 4.96. The van der Waals surface area contributed by atoms with Crippen LogP contribution in [0.1, 0.15) is 83.1 Å². The van der Waals surface area contributed by atoms with Gasteiger partial charge in [0.25, 0.3) is 0 Å². The monoisotopic (exact) mass is 426 g/mol. The van der Waals surface area contributed by atoms with E-state index in [4.69, 9.17) is 4.74 Å². The third-order valence-electron chi connectivity index (χ3n) is 7.74. The predicted molar refractivity (Wildman–Crippen MR) is 125 cm³/mol. The number of allylic oxidation sites excluding steroid dienone is 1. The van der Waals surface area contributed by atoms with Crippen LogP contribution in [0.5, 0.6) is 5.75 Å². The van der Waals surface area contributed by atoms with Crippen molar-refractivity contribution in [3.05, 3.63) is 53.6 Å². The minimum absolute atomic E-state index is 0.0174. The van der Waals surface area contributed by atoms with E-state index in [0.717, 1.165) is 17.8 Å². The van der Waals surface area contributed by atoms with Gasteiger partial charge in [0.1, 0.15) is 6.61 Å². The smallest absolute Gasteiger partial charge is 0.201 e. The maximum absolute atomic E-state index is 14.9. The Labute approximate surface area is 185 Å². The first-order valence-corrected chi connectivity index (χ1v) is 12.3. The number of hydrogen-bond acceptors (Lipinski definition) is 1. The van der Waals surface area contributed by atoms with Crippen LogP contribution in [0, 0.1) is 29.4 Å². The lowest BCUT2D eigenvalue weighted by Crippen LogP contribution is -2.30. The molecule has 168 valence electrons. The summed E-state index contributed by atoms with van der Waals surface area (Å²) in [6, 6.07) is 7.56. The zero-order valence-corrected chi connectivity index (χ0v) is 19.0. The van der Waals surface area contributed by atoms with Gasteiger partial charge in [-0.2, -0.15) is 4.39 Å². The Balaban J connectivity index is 1.48. The molecule has 1 nitrogen and oxygen atoms in total. The summed E-state index contributed by atoms with van der Waals surface area (Å²) in [5.41, 5.74) is 1.17. The molecule has 2 aliphatic rings. The molecule has 0 aromatic heterocycles. The van der Waals surface area contributed by atoms with Gasteiger partial charge in [-0.15, -0.1) is 0 Å². The van der Waals surface area contributed by atoms with E-state index in [1.807, 2.05) is 25.1 Å². The van der Waals surface area contributed by atoms with Gasteiger partial charge in [0.2, 0.25) is 5.82 Å². The predicted octanol–water partition coefficient (Wildman–Crippen LogP) is 8.56. The van der Waals surface area contributed by atoms with Gasteiger partial charge in [-0.3, -0.25) is 0 Å². The van der Waals surface area contributed by atoms with Crippen LogP contribution in [0.25, 0.3) is 10.8 Å². The molecule has 0 bridgehead atoms. The van der Waals surface area contributed by atoms with E-state index >= 15 is 0 Å². The van der Waals surface area contributed by atoms with Gasteiger partial charge in [-0.1, -0.05) is 56.9 Å². The number of fused-ring (bicyclic) bond motifs is 2. The maximum atomic E-state index is 14.9. The average molecular weight is 427 g/mol. The summed E-state index contributed by atoms with van der Waals surface area (Å²) in [4.78, 5) is 0. The van der Waals surface area contributed by atoms with Crippen molar-refractivity contribution in [2.45, 2.75) is 77.6 Å². The van der Waals surface area contributed by atoms with E-state index in [1.165, 1.54) is 63.4 Å². The normalized spacial score (nSPS) is 26.3. The highest BCUT2D eigenvalue weighted by Crippen LogP contribution is 2.48. The fraction of sp³-hybridized carbons (Fsp3) is 0.571. The molecule has 2 saturated carbocycles. The Morgan fingerprint density at radius 2 is 1.81 bits per heavy atom. The highest BCUT2D eigenvalue weighted by atomic mass is 19.2.